The molecule has 3 heteroatoms. The maximum Gasteiger partial charge on any atom is 0.143 e. The molecule has 0 aromatic heterocycles. The molecule has 154 valence electrons. The molecule has 0 radical (unpaired) electrons. The van der Waals surface area contributed by atoms with Crippen LogP contribution in [0.25, 0.3) is 0 Å². The number of hydrogen-bond acceptors (Lipinski definition) is 3. The van der Waals surface area contributed by atoms with Gasteiger partial charge in [-0.3, -0.25) is 4.90 Å². The quantitative estimate of drug-likeness (QED) is 0.546. The summed E-state index contributed by atoms with van der Waals surface area (Å²) in [6.07, 6.45) is 3.67. The van der Waals surface area contributed by atoms with Gasteiger partial charge in [0.25, 0.3) is 0 Å². The number of rotatable bonds is 5. The summed E-state index contributed by atoms with van der Waals surface area (Å²) in [5.74, 6) is 0.984. The third-order valence-corrected chi connectivity index (χ3v) is 6.64. The third kappa shape index (κ3) is 3.82. The Balaban J connectivity index is 1.38. The standard InChI is InChI=1S/C27H30N2O/c1-21-9-2-3-10-22(21)16-18-28-17-8-12-24(28)19-29-25-13-5-4-11-23(25)20-30-27-15-7-6-14-26(27)29/h2-7,9-11,13-15,24H,8,12,16-20H2,1H3/t24-/m1/s1. The summed E-state index contributed by atoms with van der Waals surface area (Å²) in [5.41, 5.74) is 6.61. The molecule has 3 aromatic rings. The second kappa shape index (κ2) is 8.53. The van der Waals surface area contributed by atoms with E-state index in [2.05, 4.69) is 89.5 Å². The Bertz CT molecular complexity index is 968. The van der Waals surface area contributed by atoms with Gasteiger partial charge in [0, 0.05) is 30.4 Å². The molecule has 0 bridgehead atoms. The fourth-order valence-electron chi connectivity index (χ4n) is 4.94. The van der Waals surface area contributed by atoms with Crippen molar-refractivity contribution in [3.63, 3.8) is 0 Å². The van der Waals surface area contributed by atoms with E-state index in [9.17, 15) is 0 Å². The zero-order chi connectivity index (χ0) is 20.3. The summed E-state index contributed by atoms with van der Waals surface area (Å²) in [4.78, 5) is 5.19. The molecule has 1 fully saturated rings. The van der Waals surface area contributed by atoms with Crippen LogP contribution in [-0.2, 0) is 13.0 Å². The predicted molar refractivity (Wildman–Crippen MR) is 124 cm³/mol. The Labute approximate surface area is 179 Å². The first kappa shape index (κ1) is 19.2. The number of likely N-dealkylation sites (tertiary alicyclic amines) is 1. The zero-order valence-electron chi connectivity index (χ0n) is 17.8. The van der Waals surface area contributed by atoms with Crippen LogP contribution < -0.4 is 9.64 Å². The van der Waals surface area contributed by atoms with Crippen LogP contribution in [0.5, 0.6) is 5.75 Å². The van der Waals surface area contributed by atoms with Crippen LogP contribution in [-0.4, -0.2) is 30.6 Å². The van der Waals surface area contributed by atoms with Gasteiger partial charge >= 0.3 is 0 Å². The molecular weight excluding hydrogens is 368 g/mol. The molecule has 0 aliphatic carbocycles. The molecule has 0 spiro atoms. The Kier molecular flexibility index (Phi) is 5.46. The Hall–Kier alpha value is -2.78. The van der Waals surface area contributed by atoms with Gasteiger partial charge in [-0.15, -0.1) is 0 Å². The fourth-order valence-corrected chi connectivity index (χ4v) is 4.94. The molecule has 1 atom stereocenters. The maximum atomic E-state index is 6.16. The summed E-state index contributed by atoms with van der Waals surface area (Å²) in [6, 6.07) is 26.5. The lowest BCUT2D eigenvalue weighted by Crippen LogP contribution is -2.39. The van der Waals surface area contributed by atoms with Crippen molar-refractivity contribution >= 4 is 11.4 Å². The third-order valence-electron chi connectivity index (χ3n) is 6.64. The van der Waals surface area contributed by atoms with Crippen molar-refractivity contribution in [2.24, 2.45) is 0 Å². The van der Waals surface area contributed by atoms with E-state index in [1.54, 1.807) is 0 Å². The Morgan fingerprint density at radius 3 is 2.57 bits per heavy atom. The molecule has 0 amide bonds. The number of para-hydroxylation sites is 3. The second-order valence-corrected chi connectivity index (χ2v) is 8.50. The van der Waals surface area contributed by atoms with Crippen LogP contribution in [0.3, 0.4) is 0 Å². The molecule has 2 aliphatic rings. The van der Waals surface area contributed by atoms with Gasteiger partial charge in [0.05, 0.1) is 5.69 Å². The number of anilines is 2. The lowest BCUT2D eigenvalue weighted by Gasteiger charge is -2.33. The van der Waals surface area contributed by atoms with E-state index >= 15 is 0 Å². The first-order valence-electron chi connectivity index (χ1n) is 11.2. The number of hydrogen-bond donors (Lipinski definition) is 0. The van der Waals surface area contributed by atoms with Crippen LogP contribution >= 0.6 is 0 Å². The van der Waals surface area contributed by atoms with Crippen LogP contribution in [0.1, 0.15) is 29.5 Å². The first-order chi connectivity index (χ1) is 14.8. The summed E-state index contributed by atoms with van der Waals surface area (Å²) in [6.45, 7) is 6.19. The van der Waals surface area contributed by atoms with Gasteiger partial charge in [-0.1, -0.05) is 54.6 Å². The van der Waals surface area contributed by atoms with E-state index in [1.165, 1.54) is 47.5 Å². The number of benzene rings is 3. The van der Waals surface area contributed by atoms with E-state index in [4.69, 9.17) is 4.74 Å². The van der Waals surface area contributed by atoms with E-state index in [0.717, 1.165) is 25.3 Å². The molecule has 2 aliphatic heterocycles. The van der Waals surface area contributed by atoms with Crippen LogP contribution in [0.15, 0.2) is 72.8 Å². The number of nitrogens with zero attached hydrogens (tertiary/aromatic N) is 2. The van der Waals surface area contributed by atoms with Gasteiger partial charge in [-0.25, -0.2) is 0 Å². The summed E-state index contributed by atoms with van der Waals surface area (Å²) in [5, 5.41) is 0. The molecule has 2 heterocycles. The molecule has 0 unspecified atom stereocenters. The van der Waals surface area contributed by atoms with Gasteiger partial charge in [0.2, 0.25) is 0 Å². The topological polar surface area (TPSA) is 15.7 Å². The number of ether oxygens (including phenoxy) is 1. The van der Waals surface area contributed by atoms with E-state index in [-0.39, 0.29) is 0 Å². The van der Waals surface area contributed by atoms with Crippen LogP contribution in [0, 0.1) is 6.92 Å². The highest BCUT2D eigenvalue weighted by molar-refractivity contribution is 5.72. The van der Waals surface area contributed by atoms with Crippen LogP contribution in [0.4, 0.5) is 11.4 Å². The maximum absolute atomic E-state index is 6.16. The monoisotopic (exact) mass is 398 g/mol. The van der Waals surface area contributed by atoms with Crippen molar-refractivity contribution in [2.45, 2.75) is 38.8 Å². The molecule has 0 N–H and O–H groups in total. The zero-order valence-corrected chi connectivity index (χ0v) is 17.8. The highest BCUT2D eigenvalue weighted by Crippen LogP contribution is 2.40. The van der Waals surface area contributed by atoms with Crippen molar-refractivity contribution in [1.29, 1.82) is 0 Å². The fraction of sp³-hybridized carbons (Fsp3) is 0.333. The Morgan fingerprint density at radius 2 is 1.67 bits per heavy atom. The molecule has 3 aromatic carbocycles. The van der Waals surface area contributed by atoms with Crippen LogP contribution in [0.2, 0.25) is 0 Å². The molecular formula is C27H30N2O. The number of aryl methyl sites for hydroxylation is 1. The average Bonchev–Trinajstić information content (AvgIpc) is 3.16. The first-order valence-corrected chi connectivity index (χ1v) is 11.2. The Morgan fingerprint density at radius 1 is 0.900 bits per heavy atom. The molecule has 0 saturated carbocycles. The largest absolute Gasteiger partial charge is 0.487 e. The highest BCUT2D eigenvalue weighted by atomic mass is 16.5. The predicted octanol–water partition coefficient (Wildman–Crippen LogP) is 5.73. The molecule has 5 rings (SSSR count). The summed E-state index contributed by atoms with van der Waals surface area (Å²) >= 11 is 0. The van der Waals surface area contributed by atoms with Gasteiger partial charge < -0.3 is 9.64 Å². The van der Waals surface area contributed by atoms with Crippen molar-refractivity contribution in [3.8, 4) is 5.75 Å². The van der Waals surface area contributed by atoms with E-state index in [0.29, 0.717) is 12.6 Å². The minimum atomic E-state index is 0.563. The molecule has 1 saturated heterocycles. The molecule has 30 heavy (non-hydrogen) atoms. The second-order valence-electron chi connectivity index (χ2n) is 8.50. The van der Waals surface area contributed by atoms with Gasteiger partial charge in [-0.05, 0) is 62.1 Å². The average molecular weight is 399 g/mol. The van der Waals surface area contributed by atoms with E-state index in [1.807, 2.05) is 0 Å². The highest BCUT2D eigenvalue weighted by Gasteiger charge is 2.29. The molecule has 3 nitrogen and oxygen atoms in total. The summed E-state index contributed by atoms with van der Waals surface area (Å²) in [7, 11) is 0. The normalized spacial score (nSPS) is 18.4. The van der Waals surface area contributed by atoms with Crippen molar-refractivity contribution < 1.29 is 4.74 Å². The smallest absolute Gasteiger partial charge is 0.143 e. The lowest BCUT2D eigenvalue weighted by atomic mass is 10.1. The number of fused-ring (bicyclic) bond motifs is 2. The minimum absolute atomic E-state index is 0.563. The SMILES string of the molecule is Cc1ccccc1CCN1CCC[C@@H]1CN1c2ccccc2COc2ccccc21. The van der Waals surface area contributed by atoms with Crippen molar-refractivity contribution in [3.05, 3.63) is 89.5 Å². The van der Waals surface area contributed by atoms with Crippen molar-refractivity contribution in [2.75, 3.05) is 24.5 Å². The van der Waals surface area contributed by atoms with Gasteiger partial charge in [0.15, 0.2) is 0 Å². The summed E-state index contributed by atoms with van der Waals surface area (Å²) < 4.78 is 6.16. The van der Waals surface area contributed by atoms with Gasteiger partial charge in [-0.2, -0.15) is 0 Å². The minimum Gasteiger partial charge on any atom is -0.487 e. The van der Waals surface area contributed by atoms with Gasteiger partial charge in [0.1, 0.15) is 12.4 Å². The van der Waals surface area contributed by atoms with Crippen molar-refractivity contribution in [1.82, 2.24) is 4.90 Å². The van der Waals surface area contributed by atoms with E-state index < -0.39 is 0 Å². The lowest BCUT2D eigenvalue weighted by molar-refractivity contribution is 0.261.